The van der Waals surface area contributed by atoms with Gasteiger partial charge in [0.25, 0.3) is 0 Å². The molecule has 0 amide bonds. The summed E-state index contributed by atoms with van der Waals surface area (Å²) in [6.07, 6.45) is -1.03. The van der Waals surface area contributed by atoms with E-state index in [1.807, 2.05) is 91.0 Å². The first-order valence-corrected chi connectivity index (χ1v) is 11.0. The molecule has 4 rings (SSSR count). The van der Waals surface area contributed by atoms with Crippen molar-refractivity contribution in [3.05, 3.63) is 108 Å². The van der Waals surface area contributed by atoms with Crippen molar-refractivity contribution in [2.75, 3.05) is 6.61 Å². The lowest BCUT2D eigenvalue weighted by molar-refractivity contribution is -0.0896. The fourth-order valence-corrected chi connectivity index (χ4v) is 3.94. The molecule has 1 aliphatic heterocycles. The fourth-order valence-electron chi connectivity index (χ4n) is 3.59. The summed E-state index contributed by atoms with van der Waals surface area (Å²) in [4.78, 5) is 0. The number of rotatable bonds is 10. The van der Waals surface area contributed by atoms with Gasteiger partial charge in [0, 0.05) is 0 Å². The highest BCUT2D eigenvalue weighted by atomic mass is 35.5. The first-order valence-electron chi connectivity index (χ1n) is 10.5. The summed E-state index contributed by atoms with van der Waals surface area (Å²) in [5.74, 6) is 0. The van der Waals surface area contributed by atoms with Gasteiger partial charge in [-0.15, -0.1) is 0 Å². The van der Waals surface area contributed by atoms with Crippen LogP contribution in [0.1, 0.15) is 16.7 Å². The van der Waals surface area contributed by atoms with E-state index in [0.29, 0.717) is 26.4 Å². The van der Waals surface area contributed by atoms with E-state index in [0.717, 1.165) is 16.7 Å². The Morgan fingerprint density at radius 1 is 0.613 bits per heavy atom. The molecule has 1 fully saturated rings. The van der Waals surface area contributed by atoms with Crippen LogP contribution in [0.3, 0.4) is 0 Å². The highest BCUT2D eigenvalue weighted by Crippen LogP contribution is 2.31. The maximum Gasteiger partial charge on any atom is 0.160 e. The van der Waals surface area contributed by atoms with Crippen molar-refractivity contribution in [3.63, 3.8) is 0 Å². The zero-order chi connectivity index (χ0) is 21.3. The molecule has 1 aliphatic rings. The molecule has 1 unspecified atom stereocenters. The van der Waals surface area contributed by atoms with Crippen LogP contribution in [0.2, 0.25) is 0 Å². The molecule has 3 aromatic rings. The number of ether oxygens (including phenoxy) is 4. The van der Waals surface area contributed by atoms with Crippen LogP contribution >= 0.6 is 11.6 Å². The molecule has 31 heavy (non-hydrogen) atoms. The number of benzene rings is 3. The average molecular weight is 439 g/mol. The van der Waals surface area contributed by atoms with Crippen molar-refractivity contribution in [2.45, 2.75) is 43.7 Å². The molecule has 0 N–H and O–H groups in total. The van der Waals surface area contributed by atoms with Gasteiger partial charge in [0.1, 0.15) is 18.3 Å². The number of halogens is 1. The van der Waals surface area contributed by atoms with Crippen LogP contribution in [0.25, 0.3) is 0 Å². The molecule has 1 heterocycles. The van der Waals surface area contributed by atoms with Crippen LogP contribution in [-0.4, -0.2) is 30.5 Å². The Bertz CT molecular complexity index is 891. The van der Waals surface area contributed by atoms with Crippen LogP contribution in [0, 0.1) is 0 Å². The third-order valence-electron chi connectivity index (χ3n) is 5.22. The molecule has 0 saturated carbocycles. The van der Waals surface area contributed by atoms with Gasteiger partial charge in [0.2, 0.25) is 0 Å². The normalized spacial score (nSPS) is 23.1. The van der Waals surface area contributed by atoms with E-state index in [-0.39, 0.29) is 12.2 Å². The summed E-state index contributed by atoms with van der Waals surface area (Å²) < 4.78 is 24.3. The lowest BCUT2D eigenvalue weighted by Gasteiger charge is -2.24. The minimum Gasteiger partial charge on any atom is -0.374 e. The molecular formula is C26H27ClO4. The molecule has 1 saturated heterocycles. The molecule has 0 aliphatic carbocycles. The third kappa shape index (κ3) is 6.39. The molecule has 162 valence electrons. The predicted octanol–water partition coefficient (Wildman–Crippen LogP) is 5.34. The molecule has 4 atom stereocenters. The minimum atomic E-state index is -0.602. The maximum absolute atomic E-state index is 6.53. The number of hydrogen-bond acceptors (Lipinski definition) is 4. The Morgan fingerprint density at radius 3 is 1.58 bits per heavy atom. The number of hydrogen-bond donors (Lipinski definition) is 0. The zero-order valence-electron chi connectivity index (χ0n) is 17.3. The second kappa shape index (κ2) is 11.4. The van der Waals surface area contributed by atoms with Crippen LogP contribution in [-0.2, 0) is 38.8 Å². The second-order valence-corrected chi connectivity index (χ2v) is 7.98. The lowest BCUT2D eigenvalue weighted by Crippen LogP contribution is -2.38. The summed E-state index contributed by atoms with van der Waals surface area (Å²) in [6.45, 7) is 1.79. The Morgan fingerprint density at radius 2 is 1.06 bits per heavy atom. The molecule has 0 radical (unpaired) electrons. The quantitative estimate of drug-likeness (QED) is 0.400. The van der Waals surface area contributed by atoms with E-state index in [1.54, 1.807) is 0 Å². The standard InChI is InChI=1S/C26H27ClO4/c27-26-25(30-18-22-14-8-3-9-15-22)24(29-17-21-12-6-2-7-13-21)23(31-26)19-28-16-20-10-4-1-5-11-20/h1-15,23-26H,16-19H2/t23-,24-,25-,26?/m1/s1. The van der Waals surface area contributed by atoms with Crippen LogP contribution < -0.4 is 0 Å². The van der Waals surface area contributed by atoms with Gasteiger partial charge in [0.15, 0.2) is 5.56 Å². The van der Waals surface area contributed by atoms with Gasteiger partial charge in [0.05, 0.1) is 26.4 Å². The molecule has 0 aromatic heterocycles. The molecule has 0 spiro atoms. The topological polar surface area (TPSA) is 36.9 Å². The van der Waals surface area contributed by atoms with Gasteiger partial charge in [-0.25, -0.2) is 0 Å². The van der Waals surface area contributed by atoms with Gasteiger partial charge >= 0.3 is 0 Å². The summed E-state index contributed by atoms with van der Waals surface area (Å²) in [5, 5.41) is 0. The van der Waals surface area contributed by atoms with E-state index < -0.39 is 11.7 Å². The molecule has 3 aromatic carbocycles. The molecule has 4 nitrogen and oxygen atoms in total. The van der Waals surface area contributed by atoms with Crippen molar-refractivity contribution >= 4 is 11.6 Å². The zero-order valence-corrected chi connectivity index (χ0v) is 18.1. The van der Waals surface area contributed by atoms with E-state index >= 15 is 0 Å². The van der Waals surface area contributed by atoms with E-state index in [4.69, 9.17) is 30.5 Å². The molecular weight excluding hydrogens is 412 g/mol. The summed E-state index contributed by atoms with van der Waals surface area (Å²) >= 11 is 6.53. The van der Waals surface area contributed by atoms with Gasteiger partial charge in [-0.05, 0) is 16.7 Å². The fraction of sp³-hybridized carbons (Fsp3) is 0.308. The van der Waals surface area contributed by atoms with E-state index in [2.05, 4.69) is 0 Å². The van der Waals surface area contributed by atoms with Gasteiger partial charge in [-0.1, -0.05) is 103 Å². The largest absolute Gasteiger partial charge is 0.374 e. The Labute approximate surface area is 188 Å². The highest BCUT2D eigenvalue weighted by Gasteiger charge is 2.45. The summed E-state index contributed by atoms with van der Waals surface area (Å²) in [7, 11) is 0. The van der Waals surface area contributed by atoms with Gasteiger partial charge in [-0.3, -0.25) is 0 Å². The Hall–Kier alpha value is -2.21. The SMILES string of the molecule is ClC1O[C@H](COCc2ccccc2)[C@@H](OCc2ccccc2)[C@H]1OCc1ccccc1. The van der Waals surface area contributed by atoms with Gasteiger partial charge < -0.3 is 18.9 Å². The first-order chi connectivity index (χ1) is 15.3. The van der Waals surface area contributed by atoms with Crippen LogP contribution in [0.4, 0.5) is 0 Å². The third-order valence-corrected chi connectivity index (χ3v) is 5.57. The van der Waals surface area contributed by atoms with E-state index in [9.17, 15) is 0 Å². The number of alkyl halides is 1. The Balaban J connectivity index is 1.39. The average Bonchev–Trinajstić information content (AvgIpc) is 3.12. The van der Waals surface area contributed by atoms with Gasteiger partial charge in [-0.2, -0.15) is 0 Å². The van der Waals surface area contributed by atoms with Crippen LogP contribution in [0.5, 0.6) is 0 Å². The molecule has 0 bridgehead atoms. The smallest absolute Gasteiger partial charge is 0.160 e. The van der Waals surface area contributed by atoms with E-state index in [1.165, 1.54) is 0 Å². The monoisotopic (exact) mass is 438 g/mol. The second-order valence-electron chi connectivity index (χ2n) is 7.55. The maximum atomic E-state index is 6.53. The minimum absolute atomic E-state index is 0.310. The van der Waals surface area contributed by atoms with Crippen molar-refractivity contribution in [1.82, 2.24) is 0 Å². The molecule has 5 heteroatoms. The van der Waals surface area contributed by atoms with Crippen molar-refractivity contribution in [2.24, 2.45) is 0 Å². The van der Waals surface area contributed by atoms with Crippen LogP contribution in [0.15, 0.2) is 91.0 Å². The lowest BCUT2D eigenvalue weighted by atomic mass is 10.1. The Kier molecular flexibility index (Phi) is 8.11. The highest BCUT2D eigenvalue weighted by molar-refractivity contribution is 6.20. The predicted molar refractivity (Wildman–Crippen MR) is 121 cm³/mol. The van der Waals surface area contributed by atoms with Crippen molar-refractivity contribution in [1.29, 1.82) is 0 Å². The van der Waals surface area contributed by atoms with Crippen molar-refractivity contribution < 1.29 is 18.9 Å². The summed E-state index contributed by atoms with van der Waals surface area (Å²) in [6, 6.07) is 30.1. The van der Waals surface area contributed by atoms with Crippen molar-refractivity contribution in [3.8, 4) is 0 Å². The first kappa shape index (κ1) is 22.0. The summed E-state index contributed by atoms with van der Waals surface area (Å²) in [5.41, 5.74) is 2.68.